The van der Waals surface area contributed by atoms with Gasteiger partial charge < -0.3 is 5.11 Å². The monoisotopic (exact) mass is 392 g/mol. The van der Waals surface area contributed by atoms with E-state index in [2.05, 4.69) is 83.1 Å². The van der Waals surface area contributed by atoms with Gasteiger partial charge in [0.1, 0.15) is 0 Å². The van der Waals surface area contributed by atoms with Crippen molar-refractivity contribution in [2.24, 2.45) is 33.0 Å². The second-order valence-electron chi connectivity index (χ2n) is 13.2. The molecule has 0 bridgehead atoms. The van der Waals surface area contributed by atoms with E-state index in [4.69, 9.17) is 0 Å². The second kappa shape index (κ2) is 7.80. The Balaban J connectivity index is 4.20. The number of hydrogen-bond donors (Lipinski definition) is 1. The molecule has 0 heterocycles. The SMILES string of the molecule is CC(C)(C)C(=C(C(=O)O)C(C(C)(C)C)(C(C)(C)C)C(C)(C)C)C1CCCCC1. The van der Waals surface area contributed by atoms with Gasteiger partial charge in [-0.1, -0.05) is 108 Å². The first kappa shape index (κ1) is 25.2. The molecule has 164 valence electrons. The Morgan fingerprint density at radius 1 is 0.679 bits per heavy atom. The summed E-state index contributed by atoms with van der Waals surface area (Å²) in [5.41, 5.74) is 0.647. The summed E-state index contributed by atoms with van der Waals surface area (Å²) >= 11 is 0. The second-order valence-corrected chi connectivity index (χ2v) is 13.2. The highest BCUT2D eigenvalue weighted by molar-refractivity contribution is 5.90. The Morgan fingerprint density at radius 2 is 1.04 bits per heavy atom. The lowest BCUT2D eigenvalue weighted by molar-refractivity contribution is -0.145. The molecule has 1 aliphatic rings. The van der Waals surface area contributed by atoms with Crippen molar-refractivity contribution < 1.29 is 9.90 Å². The van der Waals surface area contributed by atoms with Crippen LogP contribution in [0.1, 0.15) is 115 Å². The van der Waals surface area contributed by atoms with Crippen LogP contribution in [0.25, 0.3) is 0 Å². The number of carbonyl (C=O) groups is 1. The fourth-order valence-electron chi connectivity index (χ4n) is 7.56. The molecule has 0 saturated heterocycles. The van der Waals surface area contributed by atoms with Gasteiger partial charge in [-0.15, -0.1) is 0 Å². The zero-order valence-electron chi connectivity index (χ0n) is 21.0. The van der Waals surface area contributed by atoms with Crippen LogP contribution in [0.3, 0.4) is 0 Å². The minimum atomic E-state index is -0.713. The van der Waals surface area contributed by atoms with Crippen molar-refractivity contribution in [1.29, 1.82) is 0 Å². The molecule has 0 atom stereocenters. The van der Waals surface area contributed by atoms with E-state index in [1.165, 1.54) is 24.8 Å². The predicted molar refractivity (Wildman–Crippen MR) is 121 cm³/mol. The summed E-state index contributed by atoms with van der Waals surface area (Å²) in [6.45, 7) is 26.9. The van der Waals surface area contributed by atoms with Crippen LogP contribution in [-0.2, 0) is 4.79 Å². The first-order valence-electron chi connectivity index (χ1n) is 11.3. The molecule has 0 amide bonds. The molecule has 0 unspecified atom stereocenters. The predicted octanol–water partition coefficient (Wildman–Crippen LogP) is 8.12. The molecule has 2 heteroatoms. The van der Waals surface area contributed by atoms with Gasteiger partial charge in [0.25, 0.3) is 0 Å². The third kappa shape index (κ3) is 4.36. The number of rotatable bonds is 3. The minimum Gasteiger partial charge on any atom is -0.478 e. The lowest BCUT2D eigenvalue weighted by Crippen LogP contribution is -2.58. The standard InChI is InChI=1S/C26H48O2/c1-22(2,3)19(18-16-14-13-15-17-18)20(21(27)28)26(23(4,5)6,24(7,8)9)25(10,11)12/h18H,13-17H2,1-12H3,(H,27,28). The summed E-state index contributed by atoms with van der Waals surface area (Å²) in [5, 5.41) is 10.8. The van der Waals surface area contributed by atoms with Crippen molar-refractivity contribution in [3.05, 3.63) is 11.1 Å². The Morgan fingerprint density at radius 3 is 1.29 bits per heavy atom. The van der Waals surface area contributed by atoms with E-state index in [9.17, 15) is 9.90 Å². The summed E-state index contributed by atoms with van der Waals surface area (Å²) < 4.78 is 0. The molecule has 1 aliphatic carbocycles. The molecular formula is C26H48O2. The summed E-state index contributed by atoms with van der Waals surface area (Å²) in [6, 6.07) is 0. The first-order chi connectivity index (χ1) is 12.3. The summed E-state index contributed by atoms with van der Waals surface area (Å²) in [7, 11) is 0. The Bertz CT molecular complexity index is 552. The fraction of sp³-hybridized carbons (Fsp3) is 0.885. The molecule has 2 nitrogen and oxygen atoms in total. The lowest BCUT2D eigenvalue weighted by Gasteiger charge is -2.62. The average Bonchev–Trinajstić information content (AvgIpc) is 2.41. The fourth-order valence-corrected chi connectivity index (χ4v) is 7.56. The number of aliphatic carboxylic acids is 1. The maximum absolute atomic E-state index is 13.2. The van der Waals surface area contributed by atoms with Crippen molar-refractivity contribution in [2.75, 3.05) is 0 Å². The molecule has 0 aromatic carbocycles. The summed E-state index contributed by atoms with van der Waals surface area (Å²) in [4.78, 5) is 13.2. The molecule has 0 spiro atoms. The van der Waals surface area contributed by atoms with Gasteiger partial charge in [0.2, 0.25) is 0 Å². The Kier molecular flexibility index (Phi) is 7.03. The molecule has 0 radical (unpaired) electrons. The highest BCUT2D eigenvalue weighted by Gasteiger charge is 2.62. The van der Waals surface area contributed by atoms with E-state index in [1.54, 1.807) is 0 Å². The van der Waals surface area contributed by atoms with Gasteiger partial charge in [-0.3, -0.25) is 0 Å². The van der Waals surface area contributed by atoms with Crippen molar-refractivity contribution in [3.8, 4) is 0 Å². The van der Waals surface area contributed by atoms with Crippen molar-refractivity contribution in [2.45, 2.75) is 115 Å². The van der Waals surface area contributed by atoms with Crippen LogP contribution >= 0.6 is 0 Å². The molecule has 0 aliphatic heterocycles. The van der Waals surface area contributed by atoms with Crippen LogP contribution in [0, 0.1) is 33.0 Å². The van der Waals surface area contributed by atoms with Crippen molar-refractivity contribution in [3.63, 3.8) is 0 Å². The van der Waals surface area contributed by atoms with Gasteiger partial charge in [0, 0.05) is 11.0 Å². The van der Waals surface area contributed by atoms with Gasteiger partial charge in [0.15, 0.2) is 0 Å². The summed E-state index contributed by atoms with van der Waals surface area (Å²) in [5.74, 6) is -0.332. The highest BCUT2D eigenvalue weighted by Crippen LogP contribution is 2.67. The molecule has 1 fully saturated rings. The van der Waals surface area contributed by atoms with E-state index in [0.717, 1.165) is 12.8 Å². The van der Waals surface area contributed by atoms with E-state index in [1.807, 2.05) is 0 Å². The highest BCUT2D eigenvalue weighted by atomic mass is 16.4. The van der Waals surface area contributed by atoms with Crippen LogP contribution in [0.4, 0.5) is 0 Å². The summed E-state index contributed by atoms with van der Waals surface area (Å²) in [6.07, 6.45) is 5.95. The van der Waals surface area contributed by atoms with Crippen LogP contribution in [0.2, 0.25) is 0 Å². The largest absolute Gasteiger partial charge is 0.478 e. The molecule has 1 saturated carbocycles. The quantitative estimate of drug-likeness (QED) is 0.492. The van der Waals surface area contributed by atoms with Gasteiger partial charge >= 0.3 is 5.97 Å². The normalized spacial score (nSPS) is 19.4. The van der Waals surface area contributed by atoms with Crippen LogP contribution in [0.15, 0.2) is 11.1 Å². The van der Waals surface area contributed by atoms with E-state index >= 15 is 0 Å². The van der Waals surface area contributed by atoms with Gasteiger partial charge in [0.05, 0.1) is 0 Å². The Hall–Kier alpha value is -0.790. The van der Waals surface area contributed by atoms with Crippen molar-refractivity contribution >= 4 is 5.97 Å². The third-order valence-electron chi connectivity index (χ3n) is 7.05. The molecule has 28 heavy (non-hydrogen) atoms. The zero-order valence-corrected chi connectivity index (χ0v) is 21.0. The molecule has 0 aromatic rings. The Labute approximate surface area is 175 Å². The molecule has 1 rings (SSSR count). The number of hydrogen-bond acceptors (Lipinski definition) is 1. The molecule has 1 N–H and O–H groups in total. The van der Waals surface area contributed by atoms with E-state index in [-0.39, 0.29) is 21.7 Å². The van der Waals surface area contributed by atoms with Crippen LogP contribution < -0.4 is 0 Å². The maximum Gasteiger partial charge on any atom is 0.332 e. The third-order valence-corrected chi connectivity index (χ3v) is 7.05. The maximum atomic E-state index is 13.2. The van der Waals surface area contributed by atoms with Gasteiger partial charge in [-0.2, -0.15) is 0 Å². The van der Waals surface area contributed by atoms with Crippen LogP contribution in [-0.4, -0.2) is 11.1 Å². The topological polar surface area (TPSA) is 37.3 Å². The first-order valence-corrected chi connectivity index (χ1v) is 11.3. The van der Waals surface area contributed by atoms with Gasteiger partial charge in [-0.05, 0) is 40.4 Å². The number of allylic oxidation sites excluding steroid dienone is 1. The number of carboxylic acids is 1. The zero-order chi connectivity index (χ0) is 22.3. The smallest absolute Gasteiger partial charge is 0.332 e. The molecule has 0 aromatic heterocycles. The lowest BCUT2D eigenvalue weighted by atomic mass is 9.40. The average molecular weight is 393 g/mol. The molecular weight excluding hydrogens is 344 g/mol. The van der Waals surface area contributed by atoms with Crippen molar-refractivity contribution in [1.82, 2.24) is 0 Å². The number of carboxylic acid groups (broad SMARTS) is 1. The van der Waals surface area contributed by atoms with E-state index < -0.39 is 11.4 Å². The van der Waals surface area contributed by atoms with E-state index in [0.29, 0.717) is 11.5 Å². The van der Waals surface area contributed by atoms with Crippen LogP contribution in [0.5, 0.6) is 0 Å². The minimum absolute atomic E-state index is 0.164. The van der Waals surface area contributed by atoms with Gasteiger partial charge in [-0.25, -0.2) is 4.79 Å².